The largest absolute Gasteiger partial charge is 0.360 e. The van der Waals surface area contributed by atoms with Gasteiger partial charge in [-0.2, -0.15) is 0 Å². The molecule has 0 radical (unpaired) electrons. The molecule has 0 aliphatic heterocycles. The molecule has 0 amide bonds. The second-order valence-corrected chi connectivity index (χ2v) is 6.08. The number of hydrogen-bond donors (Lipinski definition) is 1. The maximum atomic E-state index is 13.1. The Morgan fingerprint density at radius 3 is 2.47 bits per heavy atom. The molecule has 2 aromatic carbocycles. The molecule has 5 heteroatoms. The lowest BCUT2D eigenvalue weighted by Crippen LogP contribution is -2.00. The standard InChI is InChI=1S/C14H10FNO2S/c15-10-6-7-12-13(8-10)16-9-14(12)19(17,18)11-4-2-1-3-5-11/h1-9,16H. The zero-order valence-electron chi connectivity index (χ0n) is 9.80. The molecule has 1 N–H and O–H groups in total. The first-order valence-electron chi connectivity index (χ1n) is 5.66. The molecule has 19 heavy (non-hydrogen) atoms. The van der Waals surface area contributed by atoms with Gasteiger partial charge in [-0.15, -0.1) is 0 Å². The van der Waals surface area contributed by atoms with Gasteiger partial charge in [0.1, 0.15) is 5.82 Å². The Morgan fingerprint density at radius 1 is 1.00 bits per heavy atom. The van der Waals surface area contributed by atoms with Crippen molar-refractivity contribution >= 4 is 20.7 Å². The SMILES string of the molecule is O=S(=O)(c1ccccc1)c1c[nH]c2cc(F)ccc12. The van der Waals surface area contributed by atoms with Gasteiger partial charge in [0.05, 0.1) is 9.79 Å². The van der Waals surface area contributed by atoms with Gasteiger partial charge in [-0.3, -0.25) is 0 Å². The molecule has 0 unspecified atom stereocenters. The smallest absolute Gasteiger partial charge is 0.208 e. The maximum Gasteiger partial charge on any atom is 0.208 e. The molecule has 0 saturated heterocycles. The van der Waals surface area contributed by atoms with Gasteiger partial charge in [0.2, 0.25) is 9.84 Å². The molecule has 0 aliphatic rings. The average Bonchev–Trinajstić information content (AvgIpc) is 2.83. The summed E-state index contributed by atoms with van der Waals surface area (Å²) < 4.78 is 38.1. The van der Waals surface area contributed by atoms with Crippen LogP contribution in [0.2, 0.25) is 0 Å². The van der Waals surface area contributed by atoms with Gasteiger partial charge in [-0.1, -0.05) is 18.2 Å². The van der Waals surface area contributed by atoms with Crippen LogP contribution in [0.15, 0.2) is 64.5 Å². The van der Waals surface area contributed by atoms with E-state index in [2.05, 4.69) is 4.98 Å². The van der Waals surface area contributed by atoms with Crippen molar-refractivity contribution in [1.82, 2.24) is 4.98 Å². The molecule has 3 rings (SSSR count). The van der Waals surface area contributed by atoms with Crippen LogP contribution in [-0.2, 0) is 9.84 Å². The second kappa shape index (κ2) is 4.20. The van der Waals surface area contributed by atoms with Crippen LogP contribution in [0.3, 0.4) is 0 Å². The number of rotatable bonds is 2. The van der Waals surface area contributed by atoms with Crippen molar-refractivity contribution in [3.8, 4) is 0 Å². The lowest BCUT2D eigenvalue weighted by Gasteiger charge is -2.02. The first-order valence-corrected chi connectivity index (χ1v) is 7.14. The summed E-state index contributed by atoms with van der Waals surface area (Å²) in [5.41, 5.74) is 0.467. The van der Waals surface area contributed by atoms with Crippen LogP contribution in [0, 0.1) is 5.82 Å². The first kappa shape index (κ1) is 11.9. The summed E-state index contributed by atoms with van der Waals surface area (Å²) in [5.74, 6) is -0.405. The lowest BCUT2D eigenvalue weighted by atomic mass is 10.2. The predicted octanol–water partition coefficient (Wildman–Crippen LogP) is 3.14. The molecule has 1 aromatic heterocycles. The molecule has 0 saturated carbocycles. The van der Waals surface area contributed by atoms with Gasteiger partial charge in [-0.25, -0.2) is 12.8 Å². The molecule has 0 spiro atoms. The summed E-state index contributed by atoms with van der Waals surface area (Å²) in [4.78, 5) is 3.17. The van der Waals surface area contributed by atoms with Crippen molar-refractivity contribution in [3.05, 3.63) is 60.5 Å². The van der Waals surface area contributed by atoms with E-state index in [1.807, 2.05) is 0 Å². The molecule has 3 nitrogen and oxygen atoms in total. The van der Waals surface area contributed by atoms with E-state index < -0.39 is 15.7 Å². The van der Waals surface area contributed by atoms with E-state index in [1.165, 1.54) is 36.5 Å². The number of sulfone groups is 1. The van der Waals surface area contributed by atoms with Crippen LogP contribution in [0.4, 0.5) is 4.39 Å². The summed E-state index contributed by atoms with van der Waals surface area (Å²) in [5, 5.41) is 0.491. The average molecular weight is 275 g/mol. The topological polar surface area (TPSA) is 49.9 Å². The Hall–Kier alpha value is -2.14. The fraction of sp³-hybridized carbons (Fsp3) is 0. The Labute approximate surface area is 109 Å². The van der Waals surface area contributed by atoms with Crippen LogP contribution in [0.5, 0.6) is 0 Å². The molecule has 96 valence electrons. The number of aromatic nitrogens is 1. The Kier molecular flexibility index (Phi) is 2.64. The molecule has 0 fully saturated rings. The Bertz CT molecular complexity index is 838. The van der Waals surface area contributed by atoms with Gasteiger partial charge in [0.15, 0.2) is 0 Å². The maximum absolute atomic E-state index is 13.1. The number of hydrogen-bond acceptors (Lipinski definition) is 2. The highest BCUT2D eigenvalue weighted by atomic mass is 32.2. The number of nitrogens with one attached hydrogen (secondary N) is 1. The lowest BCUT2D eigenvalue weighted by molar-refractivity contribution is 0.597. The van der Waals surface area contributed by atoms with E-state index >= 15 is 0 Å². The normalized spacial score (nSPS) is 11.8. The number of benzene rings is 2. The highest BCUT2D eigenvalue weighted by Gasteiger charge is 2.21. The van der Waals surface area contributed by atoms with E-state index in [-0.39, 0.29) is 9.79 Å². The fourth-order valence-electron chi connectivity index (χ4n) is 2.02. The van der Waals surface area contributed by atoms with Gasteiger partial charge >= 0.3 is 0 Å². The van der Waals surface area contributed by atoms with E-state index in [0.29, 0.717) is 10.9 Å². The van der Waals surface area contributed by atoms with Crippen LogP contribution in [0.25, 0.3) is 10.9 Å². The second-order valence-electron chi connectivity index (χ2n) is 4.16. The summed E-state index contributed by atoms with van der Waals surface area (Å²) >= 11 is 0. The minimum Gasteiger partial charge on any atom is -0.360 e. The van der Waals surface area contributed by atoms with Crippen molar-refractivity contribution in [1.29, 1.82) is 0 Å². The van der Waals surface area contributed by atoms with Crippen molar-refractivity contribution < 1.29 is 12.8 Å². The number of H-pyrrole nitrogens is 1. The number of halogens is 1. The van der Waals surface area contributed by atoms with E-state index in [1.54, 1.807) is 18.2 Å². The third-order valence-corrected chi connectivity index (χ3v) is 4.76. The third-order valence-electron chi connectivity index (χ3n) is 2.95. The monoisotopic (exact) mass is 275 g/mol. The fourth-order valence-corrected chi connectivity index (χ4v) is 3.47. The van der Waals surface area contributed by atoms with Crippen molar-refractivity contribution in [2.75, 3.05) is 0 Å². The predicted molar refractivity (Wildman–Crippen MR) is 70.2 cm³/mol. The van der Waals surface area contributed by atoms with Crippen molar-refractivity contribution in [3.63, 3.8) is 0 Å². The minimum atomic E-state index is -3.59. The van der Waals surface area contributed by atoms with Crippen molar-refractivity contribution in [2.45, 2.75) is 9.79 Å². The zero-order chi connectivity index (χ0) is 13.5. The van der Waals surface area contributed by atoms with Gasteiger partial charge < -0.3 is 4.98 Å². The summed E-state index contributed by atoms with van der Waals surface area (Å²) in [6.07, 6.45) is 1.40. The third kappa shape index (κ3) is 1.92. The zero-order valence-corrected chi connectivity index (χ0v) is 10.6. The summed E-state index contributed by atoms with van der Waals surface area (Å²) in [6, 6.07) is 12.2. The Morgan fingerprint density at radius 2 is 1.74 bits per heavy atom. The van der Waals surface area contributed by atoms with E-state index in [0.717, 1.165) is 0 Å². The molecule has 3 aromatic rings. The molecular weight excluding hydrogens is 265 g/mol. The van der Waals surface area contributed by atoms with E-state index in [4.69, 9.17) is 0 Å². The molecule has 0 aliphatic carbocycles. The van der Waals surface area contributed by atoms with Gasteiger partial charge in [-0.05, 0) is 30.3 Å². The van der Waals surface area contributed by atoms with E-state index in [9.17, 15) is 12.8 Å². The number of aromatic amines is 1. The summed E-state index contributed by atoms with van der Waals surface area (Å²) in [6.45, 7) is 0. The minimum absolute atomic E-state index is 0.161. The van der Waals surface area contributed by atoms with Crippen LogP contribution < -0.4 is 0 Å². The van der Waals surface area contributed by atoms with Crippen LogP contribution >= 0.6 is 0 Å². The molecular formula is C14H10FNO2S. The molecule has 1 heterocycles. The quantitative estimate of drug-likeness (QED) is 0.781. The summed E-state index contributed by atoms with van der Waals surface area (Å²) in [7, 11) is -3.59. The van der Waals surface area contributed by atoms with Crippen molar-refractivity contribution in [2.24, 2.45) is 0 Å². The van der Waals surface area contributed by atoms with Crippen LogP contribution in [0.1, 0.15) is 0 Å². The first-order chi connectivity index (χ1) is 9.09. The van der Waals surface area contributed by atoms with Gasteiger partial charge in [0, 0.05) is 17.1 Å². The van der Waals surface area contributed by atoms with Gasteiger partial charge in [0.25, 0.3) is 0 Å². The molecule has 0 bridgehead atoms. The van der Waals surface area contributed by atoms with Crippen LogP contribution in [-0.4, -0.2) is 13.4 Å². The number of fused-ring (bicyclic) bond motifs is 1. The highest BCUT2D eigenvalue weighted by molar-refractivity contribution is 7.91. The Balaban J connectivity index is 2.25. The molecule has 0 atom stereocenters. The highest BCUT2D eigenvalue weighted by Crippen LogP contribution is 2.28.